The van der Waals surface area contributed by atoms with Gasteiger partial charge < -0.3 is 4.90 Å². The third-order valence-electron chi connectivity index (χ3n) is 8.33. The highest BCUT2D eigenvalue weighted by Crippen LogP contribution is 2.41. The molecule has 0 spiro atoms. The van der Waals surface area contributed by atoms with Crippen LogP contribution in [0.2, 0.25) is 0 Å². The number of aryl methyl sites for hydroxylation is 1. The van der Waals surface area contributed by atoms with Crippen LogP contribution in [0, 0.1) is 18.6 Å². The van der Waals surface area contributed by atoms with Gasteiger partial charge in [0.05, 0.1) is 0 Å². The number of benzene rings is 3. The predicted octanol–water partition coefficient (Wildman–Crippen LogP) is 5.13. The summed E-state index contributed by atoms with van der Waals surface area (Å²) in [5.41, 5.74) is 2.14. The second-order valence-electron chi connectivity index (χ2n) is 10.7. The van der Waals surface area contributed by atoms with Gasteiger partial charge >= 0.3 is 0 Å². The number of carbonyl (C=O) groups excluding carboxylic acids is 1. The van der Waals surface area contributed by atoms with Crippen LogP contribution in [0.3, 0.4) is 0 Å². The Balaban J connectivity index is 1.15. The lowest BCUT2D eigenvalue weighted by molar-refractivity contribution is -0.130. The van der Waals surface area contributed by atoms with Crippen LogP contribution in [-0.4, -0.2) is 59.8 Å². The number of nitrogens with zero attached hydrogens (tertiary/aromatic N) is 4. The molecule has 38 heavy (non-hydrogen) atoms. The molecule has 3 heterocycles. The Morgan fingerprint density at radius 1 is 0.868 bits per heavy atom. The summed E-state index contributed by atoms with van der Waals surface area (Å²) in [5, 5.41) is 0. The molecule has 2 fully saturated rings. The van der Waals surface area contributed by atoms with Crippen LogP contribution in [0.15, 0.2) is 77.8 Å². The van der Waals surface area contributed by atoms with Gasteiger partial charge in [-0.05, 0) is 74.2 Å². The molecule has 2 saturated heterocycles. The van der Waals surface area contributed by atoms with E-state index in [2.05, 4.69) is 41.0 Å². The van der Waals surface area contributed by atoms with Crippen molar-refractivity contribution in [2.24, 2.45) is 4.99 Å². The first-order valence-corrected chi connectivity index (χ1v) is 13.3. The molecule has 0 radical (unpaired) electrons. The minimum absolute atomic E-state index is 0.222. The molecule has 1 amide bonds. The van der Waals surface area contributed by atoms with Crippen LogP contribution < -0.4 is 4.90 Å². The molecule has 0 aliphatic carbocycles. The first kappa shape index (κ1) is 24.7. The van der Waals surface area contributed by atoms with Gasteiger partial charge in [0.25, 0.3) is 5.91 Å². The van der Waals surface area contributed by atoms with Crippen molar-refractivity contribution in [1.82, 2.24) is 9.80 Å². The second kappa shape index (κ2) is 9.62. The highest BCUT2D eigenvalue weighted by atomic mass is 19.1. The smallest absolute Gasteiger partial charge is 0.265 e. The molecule has 0 aromatic heterocycles. The van der Waals surface area contributed by atoms with Gasteiger partial charge in [-0.1, -0.05) is 42.0 Å². The van der Waals surface area contributed by atoms with E-state index in [9.17, 15) is 13.6 Å². The molecule has 0 saturated carbocycles. The summed E-state index contributed by atoms with van der Waals surface area (Å²) in [5.74, 6) is -0.461. The first-order chi connectivity index (χ1) is 18.3. The van der Waals surface area contributed by atoms with E-state index in [0.29, 0.717) is 35.6 Å². The highest BCUT2D eigenvalue weighted by molar-refractivity contribution is 6.09. The van der Waals surface area contributed by atoms with Gasteiger partial charge in [-0.15, -0.1) is 0 Å². The normalized spacial score (nSPS) is 24.9. The zero-order chi connectivity index (χ0) is 26.4. The van der Waals surface area contributed by atoms with Crippen molar-refractivity contribution in [2.75, 3.05) is 31.1 Å². The van der Waals surface area contributed by atoms with Gasteiger partial charge in [0.15, 0.2) is 5.54 Å². The number of anilines is 1. The summed E-state index contributed by atoms with van der Waals surface area (Å²) >= 11 is 0. The molecule has 3 atom stereocenters. The van der Waals surface area contributed by atoms with Crippen molar-refractivity contribution in [2.45, 2.75) is 44.3 Å². The standard InChI is InChI=1S/C31H32F2N4O/c1-21-7-13-27(14-8-21)37-20-28-18-29(37)19-35(28)15-4-16-36-22(2)34-31(30(36)38,23-9-11-25(32)12-10-23)24-5-3-6-26(33)17-24/h3,5-14,17,28-29H,4,15-16,18-20H2,1-2H3. The van der Waals surface area contributed by atoms with Crippen LogP contribution in [0.25, 0.3) is 0 Å². The monoisotopic (exact) mass is 514 g/mol. The quantitative estimate of drug-likeness (QED) is 0.439. The Kier molecular flexibility index (Phi) is 6.26. The zero-order valence-electron chi connectivity index (χ0n) is 21.8. The molecule has 196 valence electrons. The van der Waals surface area contributed by atoms with Crippen molar-refractivity contribution in [1.29, 1.82) is 0 Å². The van der Waals surface area contributed by atoms with Crippen LogP contribution in [0.4, 0.5) is 14.5 Å². The molecule has 3 aromatic rings. The summed E-state index contributed by atoms with van der Waals surface area (Å²) in [7, 11) is 0. The molecule has 2 bridgehead atoms. The summed E-state index contributed by atoms with van der Waals surface area (Å²) in [6, 6.07) is 21.6. The number of rotatable bonds is 7. The number of likely N-dealkylation sites (tertiary alicyclic amines) is 1. The fourth-order valence-electron chi connectivity index (χ4n) is 6.41. The highest BCUT2D eigenvalue weighted by Gasteiger charge is 2.50. The molecule has 3 aliphatic heterocycles. The molecular weight excluding hydrogens is 482 g/mol. The summed E-state index contributed by atoms with van der Waals surface area (Å²) in [6.07, 6.45) is 1.99. The third-order valence-corrected chi connectivity index (χ3v) is 8.33. The van der Waals surface area contributed by atoms with E-state index in [4.69, 9.17) is 4.99 Å². The number of carbonyl (C=O) groups is 1. The lowest BCUT2D eigenvalue weighted by Gasteiger charge is -2.36. The Morgan fingerprint density at radius 2 is 1.63 bits per heavy atom. The van der Waals surface area contributed by atoms with E-state index < -0.39 is 17.2 Å². The summed E-state index contributed by atoms with van der Waals surface area (Å²) in [4.78, 5) is 25.6. The van der Waals surface area contributed by atoms with Gasteiger partial charge in [0.2, 0.25) is 0 Å². The number of fused-ring (bicyclic) bond motifs is 2. The van der Waals surface area contributed by atoms with Crippen molar-refractivity contribution in [3.05, 3.63) is 101 Å². The Morgan fingerprint density at radius 3 is 2.32 bits per heavy atom. The largest absolute Gasteiger partial charge is 0.366 e. The molecule has 3 aliphatic rings. The van der Waals surface area contributed by atoms with E-state index in [1.54, 1.807) is 29.2 Å². The molecule has 5 nitrogen and oxygen atoms in total. The summed E-state index contributed by atoms with van der Waals surface area (Å²) in [6.45, 7) is 7.43. The van der Waals surface area contributed by atoms with Gasteiger partial charge in [-0.3, -0.25) is 14.6 Å². The van der Waals surface area contributed by atoms with E-state index in [1.807, 2.05) is 6.92 Å². The SMILES string of the molecule is CC1=NC(c2ccc(F)cc2)(c2cccc(F)c2)C(=O)N1CCCN1CC2CC1CN2c1ccc(C)cc1. The van der Waals surface area contributed by atoms with Crippen LogP contribution in [0.5, 0.6) is 0 Å². The molecule has 0 N–H and O–H groups in total. The maximum Gasteiger partial charge on any atom is 0.265 e. The Bertz CT molecular complexity index is 1370. The van der Waals surface area contributed by atoms with Crippen molar-refractivity contribution >= 4 is 17.4 Å². The van der Waals surface area contributed by atoms with Gasteiger partial charge in [0.1, 0.15) is 17.5 Å². The minimum Gasteiger partial charge on any atom is -0.366 e. The van der Waals surface area contributed by atoms with Crippen LogP contribution >= 0.6 is 0 Å². The number of hydrogen-bond acceptors (Lipinski definition) is 4. The number of amides is 1. The van der Waals surface area contributed by atoms with E-state index in [-0.39, 0.29) is 5.91 Å². The Hall–Kier alpha value is -3.58. The van der Waals surface area contributed by atoms with Crippen molar-refractivity contribution < 1.29 is 13.6 Å². The minimum atomic E-state index is -1.42. The van der Waals surface area contributed by atoms with Crippen molar-refractivity contribution in [3.8, 4) is 0 Å². The van der Waals surface area contributed by atoms with E-state index in [1.165, 1.54) is 41.9 Å². The fourth-order valence-corrected chi connectivity index (χ4v) is 6.41. The lowest BCUT2D eigenvalue weighted by atomic mass is 9.82. The maximum absolute atomic E-state index is 14.3. The zero-order valence-corrected chi connectivity index (χ0v) is 21.8. The fraction of sp³-hybridized carbons (Fsp3) is 0.355. The topological polar surface area (TPSA) is 39.2 Å². The van der Waals surface area contributed by atoms with Gasteiger partial charge in [0, 0.05) is 44.0 Å². The third kappa shape index (κ3) is 4.19. The average Bonchev–Trinajstić information content (AvgIpc) is 3.58. The second-order valence-corrected chi connectivity index (χ2v) is 10.7. The number of aliphatic imine (C=N–C) groups is 1. The number of hydrogen-bond donors (Lipinski definition) is 0. The number of halogens is 2. The van der Waals surface area contributed by atoms with Gasteiger partial charge in [-0.2, -0.15) is 0 Å². The number of amidine groups is 1. The Labute approximate surface area is 222 Å². The number of piperazine rings is 1. The molecule has 3 aromatic carbocycles. The molecule has 3 unspecified atom stereocenters. The van der Waals surface area contributed by atoms with E-state index in [0.717, 1.165) is 26.1 Å². The molecular formula is C31H32F2N4O. The lowest BCUT2D eigenvalue weighted by Crippen LogP contribution is -2.47. The average molecular weight is 515 g/mol. The maximum atomic E-state index is 14.3. The van der Waals surface area contributed by atoms with Gasteiger partial charge in [-0.25, -0.2) is 13.8 Å². The van der Waals surface area contributed by atoms with Crippen LogP contribution in [-0.2, 0) is 10.3 Å². The first-order valence-electron chi connectivity index (χ1n) is 13.3. The van der Waals surface area contributed by atoms with E-state index >= 15 is 0 Å². The van der Waals surface area contributed by atoms with Crippen LogP contribution in [0.1, 0.15) is 36.5 Å². The van der Waals surface area contributed by atoms with Crippen molar-refractivity contribution in [3.63, 3.8) is 0 Å². The molecule has 7 heteroatoms. The molecule has 6 rings (SSSR count). The summed E-state index contributed by atoms with van der Waals surface area (Å²) < 4.78 is 28.0. The predicted molar refractivity (Wildman–Crippen MR) is 145 cm³/mol.